The molecule has 0 unspecified atom stereocenters. The number of fused-ring (bicyclic) bond motifs is 1. The number of anilines is 1. The zero-order valence-electron chi connectivity index (χ0n) is 12.8. The van der Waals surface area contributed by atoms with Gasteiger partial charge in [-0.15, -0.1) is 0 Å². The zero-order chi connectivity index (χ0) is 15.0. The third-order valence-electron chi connectivity index (χ3n) is 3.46. The van der Waals surface area contributed by atoms with Crippen molar-refractivity contribution in [3.63, 3.8) is 0 Å². The van der Waals surface area contributed by atoms with Gasteiger partial charge in [-0.05, 0) is 25.3 Å². The maximum Gasteiger partial charge on any atom is 0.254 e. The maximum absolute atomic E-state index is 12.6. The summed E-state index contributed by atoms with van der Waals surface area (Å²) in [7, 11) is 0. The van der Waals surface area contributed by atoms with Crippen LogP contribution >= 0.6 is 0 Å². The molecule has 0 aromatic heterocycles. The minimum atomic E-state index is -0.542. The van der Waals surface area contributed by atoms with E-state index < -0.39 is 6.04 Å². The van der Waals surface area contributed by atoms with Crippen LogP contribution in [0.1, 0.15) is 43.5 Å². The van der Waals surface area contributed by atoms with Gasteiger partial charge < -0.3 is 10.2 Å². The van der Waals surface area contributed by atoms with Crippen molar-refractivity contribution in [2.24, 2.45) is 5.92 Å². The number of hydrogen-bond acceptors (Lipinski definition) is 2. The molecule has 1 aliphatic rings. The zero-order valence-corrected chi connectivity index (χ0v) is 12.8. The number of rotatable bonds is 3. The molecular weight excluding hydrogens is 252 g/mol. The summed E-state index contributed by atoms with van der Waals surface area (Å²) in [6.07, 6.45) is 0. The number of benzene rings is 1. The van der Waals surface area contributed by atoms with E-state index in [2.05, 4.69) is 25.2 Å². The Morgan fingerprint density at radius 2 is 2.00 bits per heavy atom. The van der Waals surface area contributed by atoms with Crippen molar-refractivity contribution in [2.75, 3.05) is 11.4 Å². The van der Waals surface area contributed by atoms with E-state index in [0.29, 0.717) is 12.5 Å². The fourth-order valence-corrected chi connectivity index (χ4v) is 2.87. The average molecular weight is 274 g/mol. The number of carbonyl (C=O) groups excluding carboxylic acids is 2. The summed E-state index contributed by atoms with van der Waals surface area (Å²) in [5.74, 6) is 0.168. The Balaban J connectivity index is 2.52. The van der Waals surface area contributed by atoms with Crippen molar-refractivity contribution in [2.45, 2.75) is 40.7 Å². The molecule has 1 atom stereocenters. The van der Waals surface area contributed by atoms with E-state index in [9.17, 15) is 9.59 Å². The Labute approximate surface area is 120 Å². The molecule has 0 fully saturated rings. The second-order valence-corrected chi connectivity index (χ2v) is 6.00. The highest BCUT2D eigenvalue weighted by Gasteiger charge is 2.39. The number of amides is 2. The maximum atomic E-state index is 12.6. The highest BCUT2D eigenvalue weighted by atomic mass is 16.2. The Morgan fingerprint density at radius 3 is 2.55 bits per heavy atom. The van der Waals surface area contributed by atoms with E-state index in [1.807, 2.05) is 24.8 Å². The standard InChI is InChI=1S/C16H22N2O2/c1-9(2)8-18-15-11(4)6-10(3)7-13(15)14(16(18)20)17-12(5)19/h6-7,9,14H,8H2,1-5H3,(H,17,19)/t14-/m1/s1. The van der Waals surface area contributed by atoms with E-state index >= 15 is 0 Å². The van der Waals surface area contributed by atoms with Crippen LogP contribution in [-0.2, 0) is 9.59 Å². The van der Waals surface area contributed by atoms with Crippen LogP contribution in [0.4, 0.5) is 5.69 Å². The molecule has 2 amide bonds. The lowest BCUT2D eigenvalue weighted by Crippen LogP contribution is -2.38. The van der Waals surface area contributed by atoms with Crippen molar-refractivity contribution in [3.8, 4) is 0 Å². The predicted molar refractivity (Wildman–Crippen MR) is 79.7 cm³/mol. The molecule has 2 rings (SSSR count). The molecule has 4 heteroatoms. The van der Waals surface area contributed by atoms with Crippen molar-refractivity contribution in [1.29, 1.82) is 0 Å². The number of nitrogens with one attached hydrogen (secondary N) is 1. The van der Waals surface area contributed by atoms with Crippen molar-refractivity contribution < 1.29 is 9.59 Å². The summed E-state index contributed by atoms with van der Waals surface area (Å²) in [4.78, 5) is 25.8. The number of hydrogen-bond donors (Lipinski definition) is 1. The third kappa shape index (κ3) is 2.55. The summed E-state index contributed by atoms with van der Waals surface area (Å²) in [6.45, 7) is 10.3. The van der Waals surface area contributed by atoms with Gasteiger partial charge in [-0.2, -0.15) is 0 Å². The van der Waals surface area contributed by atoms with Gasteiger partial charge in [-0.25, -0.2) is 0 Å². The molecule has 0 bridgehead atoms. The Morgan fingerprint density at radius 1 is 1.35 bits per heavy atom. The van der Waals surface area contributed by atoms with Crippen LogP contribution in [0.15, 0.2) is 12.1 Å². The van der Waals surface area contributed by atoms with Crippen LogP contribution in [0, 0.1) is 19.8 Å². The molecule has 1 heterocycles. The molecule has 108 valence electrons. The molecule has 1 aliphatic heterocycles. The number of nitrogens with zero attached hydrogens (tertiary/aromatic N) is 1. The normalized spacial score (nSPS) is 17.6. The second-order valence-electron chi connectivity index (χ2n) is 6.00. The molecule has 1 aromatic carbocycles. The summed E-state index contributed by atoms with van der Waals surface area (Å²) >= 11 is 0. The Bertz CT molecular complexity index is 564. The van der Waals surface area contributed by atoms with E-state index in [1.165, 1.54) is 6.92 Å². The molecule has 0 saturated carbocycles. The van der Waals surface area contributed by atoms with E-state index in [-0.39, 0.29) is 11.8 Å². The lowest BCUT2D eigenvalue weighted by Gasteiger charge is -2.21. The molecule has 20 heavy (non-hydrogen) atoms. The van der Waals surface area contributed by atoms with Gasteiger partial charge in [0, 0.05) is 19.0 Å². The van der Waals surface area contributed by atoms with Crippen molar-refractivity contribution in [1.82, 2.24) is 5.32 Å². The first kappa shape index (κ1) is 14.6. The van der Waals surface area contributed by atoms with Gasteiger partial charge in [0.05, 0.1) is 5.69 Å². The van der Waals surface area contributed by atoms with Crippen molar-refractivity contribution >= 4 is 17.5 Å². The van der Waals surface area contributed by atoms with Gasteiger partial charge >= 0.3 is 0 Å². The molecule has 4 nitrogen and oxygen atoms in total. The summed E-state index contributed by atoms with van der Waals surface area (Å²) in [5.41, 5.74) is 4.08. The van der Waals surface area contributed by atoms with Gasteiger partial charge in [0.2, 0.25) is 5.91 Å². The lowest BCUT2D eigenvalue weighted by molar-refractivity contribution is -0.126. The largest absolute Gasteiger partial charge is 0.341 e. The Hall–Kier alpha value is -1.84. The number of aryl methyl sites for hydroxylation is 2. The summed E-state index contributed by atoms with van der Waals surface area (Å²) < 4.78 is 0. The molecular formula is C16H22N2O2. The molecule has 1 aromatic rings. The summed E-state index contributed by atoms with van der Waals surface area (Å²) in [6, 6.07) is 3.54. The van der Waals surface area contributed by atoms with Gasteiger partial charge in [-0.3, -0.25) is 9.59 Å². The van der Waals surface area contributed by atoms with E-state index in [0.717, 1.165) is 22.4 Å². The van der Waals surface area contributed by atoms with Crippen LogP contribution in [0.5, 0.6) is 0 Å². The van der Waals surface area contributed by atoms with Crippen LogP contribution in [0.25, 0.3) is 0 Å². The highest BCUT2D eigenvalue weighted by Crippen LogP contribution is 2.39. The van der Waals surface area contributed by atoms with Crippen LogP contribution in [-0.4, -0.2) is 18.4 Å². The second kappa shape index (κ2) is 5.27. The SMILES string of the molecule is CC(=O)N[C@H]1C(=O)N(CC(C)C)c2c(C)cc(C)cc21. The average Bonchev–Trinajstić information content (AvgIpc) is 2.53. The Kier molecular flexibility index (Phi) is 3.84. The van der Waals surface area contributed by atoms with Gasteiger partial charge in [0.1, 0.15) is 6.04 Å². The quantitative estimate of drug-likeness (QED) is 0.920. The van der Waals surface area contributed by atoms with Gasteiger partial charge in [-0.1, -0.05) is 31.5 Å². The molecule has 1 N–H and O–H groups in total. The van der Waals surface area contributed by atoms with Crippen LogP contribution < -0.4 is 10.2 Å². The smallest absolute Gasteiger partial charge is 0.254 e. The minimum Gasteiger partial charge on any atom is -0.341 e. The lowest BCUT2D eigenvalue weighted by atomic mass is 10.0. The fourth-order valence-electron chi connectivity index (χ4n) is 2.87. The van der Waals surface area contributed by atoms with Crippen LogP contribution in [0.3, 0.4) is 0 Å². The number of carbonyl (C=O) groups is 2. The molecule has 0 saturated heterocycles. The molecule has 0 spiro atoms. The molecule has 0 radical (unpaired) electrons. The van der Waals surface area contributed by atoms with E-state index in [4.69, 9.17) is 0 Å². The fraction of sp³-hybridized carbons (Fsp3) is 0.500. The van der Waals surface area contributed by atoms with Gasteiger partial charge in [0.25, 0.3) is 5.91 Å². The van der Waals surface area contributed by atoms with Crippen molar-refractivity contribution in [3.05, 3.63) is 28.8 Å². The van der Waals surface area contributed by atoms with Gasteiger partial charge in [0.15, 0.2) is 0 Å². The first-order valence-corrected chi connectivity index (χ1v) is 7.01. The third-order valence-corrected chi connectivity index (χ3v) is 3.46. The topological polar surface area (TPSA) is 49.4 Å². The first-order valence-electron chi connectivity index (χ1n) is 7.01. The first-order chi connectivity index (χ1) is 9.31. The van der Waals surface area contributed by atoms with E-state index in [1.54, 1.807) is 0 Å². The predicted octanol–water partition coefficient (Wildman–Crippen LogP) is 2.48. The van der Waals surface area contributed by atoms with Crippen LogP contribution in [0.2, 0.25) is 0 Å². The summed E-state index contributed by atoms with van der Waals surface area (Å²) in [5, 5.41) is 2.78. The molecule has 0 aliphatic carbocycles. The minimum absolute atomic E-state index is 0.0300. The monoisotopic (exact) mass is 274 g/mol. The highest BCUT2D eigenvalue weighted by molar-refractivity contribution is 6.07.